The van der Waals surface area contributed by atoms with Gasteiger partial charge in [0.25, 0.3) is 5.91 Å². The standard InChI is InChI=1S/C20H13Cl2N3O/c21-13-5-10-16(17(22)11-13)20(26)24-14-6-8-15(9-7-14)25-12-23-18-3-1-2-4-19(18)25/h1-12H,(H,24,26). The summed E-state index contributed by atoms with van der Waals surface area (Å²) in [5, 5.41) is 3.64. The highest BCUT2D eigenvalue weighted by Gasteiger charge is 2.11. The van der Waals surface area contributed by atoms with E-state index in [1.807, 2.05) is 53.1 Å². The van der Waals surface area contributed by atoms with E-state index in [1.54, 1.807) is 24.5 Å². The highest BCUT2D eigenvalue weighted by atomic mass is 35.5. The first-order chi connectivity index (χ1) is 12.6. The van der Waals surface area contributed by atoms with Crippen LogP contribution in [0.25, 0.3) is 16.7 Å². The molecule has 128 valence electrons. The third-order valence-corrected chi connectivity index (χ3v) is 4.58. The highest BCUT2D eigenvalue weighted by molar-refractivity contribution is 6.37. The van der Waals surface area contributed by atoms with Crippen molar-refractivity contribution in [2.75, 3.05) is 5.32 Å². The fourth-order valence-electron chi connectivity index (χ4n) is 2.74. The van der Waals surface area contributed by atoms with Gasteiger partial charge in [-0.2, -0.15) is 0 Å². The molecule has 1 heterocycles. The van der Waals surface area contributed by atoms with Gasteiger partial charge in [0, 0.05) is 16.4 Å². The molecule has 4 nitrogen and oxygen atoms in total. The smallest absolute Gasteiger partial charge is 0.257 e. The average Bonchev–Trinajstić information content (AvgIpc) is 3.06. The molecule has 0 aliphatic heterocycles. The van der Waals surface area contributed by atoms with Gasteiger partial charge in [-0.1, -0.05) is 35.3 Å². The Morgan fingerprint density at radius 1 is 0.962 bits per heavy atom. The van der Waals surface area contributed by atoms with E-state index >= 15 is 0 Å². The lowest BCUT2D eigenvalue weighted by atomic mass is 10.2. The van der Waals surface area contributed by atoms with Crippen LogP contribution in [0.15, 0.2) is 73.1 Å². The molecule has 0 atom stereocenters. The van der Waals surface area contributed by atoms with Crippen LogP contribution in [0.1, 0.15) is 10.4 Å². The van der Waals surface area contributed by atoms with Crippen LogP contribution in [0.2, 0.25) is 10.0 Å². The van der Waals surface area contributed by atoms with Crippen molar-refractivity contribution in [3.05, 3.63) is 88.7 Å². The Bertz CT molecular complexity index is 1100. The number of nitrogens with zero attached hydrogens (tertiary/aromatic N) is 2. The van der Waals surface area contributed by atoms with Crippen LogP contribution in [-0.4, -0.2) is 15.5 Å². The predicted octanol–water partition coefficient (Wildman–Crippen LogP) is 5.58. The molecule has 0 saturated heterocycles. The van der Waals surface area contributed by atoms with Crippen molar-refractivity contribution in [2.45, 2.75) is 0 Å². The van der Waals surface area contributed by atoms with Gasteiger partial charge in [-0.05, 0) is 54.6 Å². The lowest BCUT2D eigenvalue weighted by Gasteiger charge is -2.09. The molecular formula is C20H13Cl2N3O. The van der Waals surface area contributed by atoms with Crippen LogP contribution >= 0.6 is 23.2 Å². The maximum atomic E-state index is 12.4. The lowest BCUT2D eigenvalue weighted by molar-refractivity contribution is 0.102. The number of rotatable bonds is 3. The molecular weight excluding hydrogens is 369 g/mol. The monoisotopic (exact) mass is 381 g/mol. The first-order valence-electron chi connectivity index (χ1n) is 7.91. The fraction of sp³-hybridized carbons (Fsp3) is 0. The minimum Gasteiger partial charge on any atom is -0.322 e. The van der Waals surface area contributed by atoms with Gasteiger partial charge >= 0.3 is 0 Å². The summed E-state index contributed by atoms with van der Waals surface area (Å²) in [6.07, 6.45) is 1.78. The van der Waals surface area contributed by atoms with Gasteiger partial charge < -0.3 is 5.32 Å². The van der Waals surface area contributed by atoms with Crippen molar-refractivity contribution in [3.63, 3.8) is 0 Å². The van der Waals surface area contributed by atoms with E-state index in [0.717, 1.165) is 16.7 Å². The number of halogens is 2. The quantitative estimate of drug-likeness (QED) is 0.503. The van der Waals surface area contributed by atoms with E-state index in [2.05, 4.69) is 10.3 Å². The number of fused-ring (bicyclic) bond motifs is 1. The van der Waals surface area contributed by atoms with E-state index < -0.39 is 0 Å². The summed E-state index contributed by atoms with van der Waals surface area (Å²) in [6.45, 7) is 0. The molecule has 0 radical (unpaired) electrons. The summed E-state index contributed by atoms with van der Waals surface area (Å²) in [4.78, 5) is 16.8. The molecule has 1 N–H and O–H groups in total. The second-order valence-corrected chi connectivity index (χ2v) is 6.57. The molecule has 0 fully saturated rings. The number of aromatic nitrogens is 2. The zero-order chi connectivity index (χ0) is 18.1. The number of amides is 1. The molecule has 0 aliphatic carbocycles. The van der Waals surface area contributed by atoms with Gasteiger partial charge in [-0.25, -0.2) is 4.98 Å². The predicted molar refractivity (Wildman–Crippen MR) is 105 cm³/mol. The van der Waals surface area contributed by atoms with Gasteiger partial charge in [0.1, 0.15) is 6.33 Å². The second-order valence-electron chi connectivity index (χ2n) is 5.73. The number of para-hydroxylation sites is 2. The van der Waals surface area contributed by atoms with Gasteiger partial charge in [-0.3, -0.25) is 9.36 Å². The van der Waals surface area contributed by atoms with Crippen LogP contribution in [0.3, 0.4) is 0 Å². The largest absolute Gasteiger partial charge is 0.322 e. The molecule has 0 unspecified atom stereocenters. The number of nitrogens with one attached hydrogen (secondary N) is 1. The Hall–Kier alpha value is -2.82. The van der Waals surface area contributed by atoms with Gasteiger partial charge in [0.2, 0.25) is 0 Å². The third-order valence-electron chi connectivity index (χ3n) is 4.03. The van der Waals surface area contributed by atoms with Crippen molar-refractivity contribution in [1.29, 1.82) is 0 Å². The number of hydrogen-bond donors (Lipinski definition) is 1. The van der Waals surface area contributed by atoms with Crippen LogP contribution < -0.4 is 5.32 Å². The van der Waals surface area contributed by atoms with Crippen molar-refractivity contribution in [3.8, 4) is 5.69 Å². The van der Waals surface area contributed by atoms with Crippen molar-refractivity contribution < 1.29 is 4.79 Å². The molecule has 1 aromatic heterocycles. The van der Waals surface area contributed by atoms with Crippen LogP contribution in [0, 0.1) is 0 Å². The summed E-state index contributed by atoms with van der Waals surface area (Å²) >= 11 is 11.9. The highest BCUT2D eigenvalue weighted by Crippen LogP contribution is 2.23. The van der Waals surface area contributed by atoms with Gasteiger partial charge in [0.15, 0.2) is 0 Å². The van der Waals surface area contributed by atoms with Crippen molar-refractivity contribution in [2.24, 2.45) is 0 Å². The SMILES string of the molecule is O=C(Nc1ccc(-n2cnc3ccccc32)cc1)c1ccc(Cl)cc1Cl. The summed E-state index contributed by atoms with van der Waals surface area (Å²) in [5.74, 6) is -0.285. The maximum Gasteiger partial charge on any atom is 0.257 e. The van der Waals surface area contributed by atoms with Crippen LogP contribution in [0.5, 0.6) is 0 Å². The summed E-state index contributed by atoms with van der Waals surface area (Å²) in [7, 11) is 0. The first-order valence-corrected chi connectivity index (χ1v) is 8.66. The normalized spacial score (nSPS) is 10.8. The molecule has 4 aromatic rings. The summed E-state index contributed by atoms with van der Waals surface area (Å²) < 4.78 is 2.00. The minimum atomic E-state index is -0.285. The fourth-order valence-corrected chi connectivity index (χ4v) is 3.24. The maximum absolute atomic E-state index is 12.4. The van der Waals surface area contributed by atoms with Crippen molar-refractivity contribution in [1.82, 2.24) is 9.55 Å². The Labute approximate surface area is 160 Å². The van der Waals surface area contributed by atoms with Gasteiger partial charge in [0.05, 0.1) is 21.6 Å². The average molecular weight is 382 g/mol. The van der Waals surface area contributed by atoms with Crippen molar-refractivity contribution >= 4 is 45.8 Å². The molecule has 6 heteroatoms. The number of carbonyl (C=O) groups is 1. The molecule has 0 saturated carbocycles. The molecule has 26 heavy (non-hydrogen) atoms. The zero-order valence-corrected chi connectivity index (χ0v) is 15.0. The topological polar surface area (TPSA) is 46.9 Å². The van der Waals surface area contributed by atoms with Crippen LogP contribution in [-0.2, 0) is 0 Å². The molecule has 0 bridgehead atoms. The second kappa shape index (κ2) is 6.83. The molecule has 3 aromatic carbocycles. The number of imidazole rings is 1. The number of hydrogen-bond acceptors (Lipinski definition) is 2. The minimum absolute atomic E-state index is 0.285. The first kappa shape index (κ1) is 16.6. The van der Waals surface area contributed by atoms with E-state index in [9.17, 15) is 4.79 Å². The number of benzene rings is 3. The number of anilines is 1. The number of carbonyl (C=O) groups excluding carboxylic acids is 1. The Balaban J connectivity index is 1.57. The molecule has 0 spiro atoms. The van der Waals surface area contributed by atoms with Crippen LogP contribution in [0.4, 0.5) is 5.69 Å². The molecule has 0 aliphatic rings. The third kappa shape index (κ3) is 3.17. The van der Waals surface area contributed by atoms with E-state index in [4.69, 9.17) is 23.2 Å². The zero-order valence-electron chi connectivity index (χ0n) is 13.5. The Morgan fingerprint density at radius 2 is 1.73 bits per heavy atom. The van der Waals surface area contributed by atoms with E-state index in [0.29, 0.717) is 21.3 Å². The van der Waals surface area contributed by atoms with E-state index in [1.165, 1.54) is 0 Å². The summed E-state index contributed by atoms with van der Waals surface area (Å²) in [6, 6.07) is 20.2. The Kier molecular flexibility index (Phi) is 4.37. The lowest BCUT2D eigenvalue weighted by Crippen LogP contribution is -2.12. The molecule has 4 rings (SSSR count). The van der Waals surface area contributed by atoms with E-state index in [-0.39, 0.29) is 5.91 Å². The summed E-state index contributed by atoms with van der Waals surface area (Å²) in [5.41, 5.74) is 3.97. The molecule has 1 amide bonds. The van der Waals surface area contributed by atoms with Gasteiger partial charge in [-0.15, -0.1) is 0 Å². The Morgan fingerprint density at radius 3 is 2.50 bits per heavy atom.